The largest absolute Gasteiger partial charge is 0.215 e. The molecule has 1 unspecified atom stereocenters. The van der Waals surface area contributed by atoms with Crippen LogP contribution in [0.5, 0.6) is 0 Å². The Labute approximate surface area is 119 Å². The molecule has 0 heterocycles. The van der Waals surface area contributed by atoms with E-state index < -0.39 is 10.0 Å². The Morgan fingerprint density at radius 1 is 1.39 bits per heavy atom. The summed E-state index contributed by atoms with van der Waals surface area (Å²) >= 11 is 11.4. The van der Waals surface area contributed by atoms with E-state index in [9.17, 15) is 8.42 Å². The van der Waals surface area contributed by atoms with Crippen molar-refractivity contribution in [1.82, 2.24) is 4.72 Å². The summed E-state index contributed by atoms with van der Waals surface area (Å²) in [6.07, 6.45) is 0.620. The molecule has 0 aromatic heterocycles. The minimum atomic E-state index is -3.24. The van der Waals surface area contributed by atoms with Gasteiger partial charge >= 0.3 is 0 Å². The molecule has 1 aromatic rings. The molecule has 102 valence electrons. The second-order valence-electron chi connectivity index (χ2n) is 4.32. The standard InChI is InChI=1S/C12H17Cl2NO2S/c1-10(8-13)9-18(16,17)15-6-5-11-3-2-4-12(14)7-11/h2-4,7,10,15H,5-6,8-9H2,1H3. The third kappa shape index (κ3) is 6.05. The van der Waals surface area contributed by atoms with Crippen LogP contribution in [-0.2, 0) is 16.4 Å². The Morgan fingerprint density at radius 2 is 2.11 bits per heavy atom. The van der Waals surface area contributed by atoms with Gasteiger partial charge in [-0.3, -0.25) is 0 Å². The van der Waals surface area contributed by atoms with Gasteiger partial charge in [0.05, 0.1) is 5.75 Å². The maximum atomic E-state index is 11.7. The minimum Gasteiger partial charge on any atom is -0.215 e. The van der Waals surface area contributed by atoms with Crippen LogP contribution in [0.2, 0.25) is 5.02 Å². The van der Waals surface area contributed by atoms with Gasteiger partial charge in [-0.2, -0.15) is 0 Å². The molecular weight excluding hydrogens is 293 g/mol. The summed E-state index contributed by atoms with van der Waals surface area (Å²) in [7, 11) is -3.24. The molecule has 0 fully saturated rings. The predicted octanol–water partition coefficient (Wildman–Crippen LogP) is 2.68. The van der Waals surface area contributed by atoms with Crippen LogP contribution in [0.15, 0.2) is 24.3 Å². The van der Waals surface area contributed by atoms with Crippen LogP contribution in [0, 0.1) is 5.92 Å². The van der Waals surface area contributed by atoms with Crippen molar-refractivity contribution >= 4 is 33.2 Å². The van der Waals surface area contributed by atoms with Gasteiger partial charge in [0, 0.05) is 17.4 Å². The summed E-state index contributed by atoms with van der Waals surface area (Å²) in [5, 5.41) is 0.658. The lowest BCUT2D eigenvalue weighted by molar-refractivity contribution is 0.569. The molecule has 1 aromatic carbocycles. The van der Waals surface area contributed by atoms with Gasteiger partial charge in [0.15, 0.2) is 0 Å². The molecule has 0 bridgehead atoms. The van der Waals surface area contributed by atoms with E-state index in [0.717, 1.165) is 5.56 Å². The van der Waals surface area contributed by atoms with E-state index in [1.165, 1.54) is 0 Å². The number of hydrogen-bond donors (Lipinski definition) is 1. The number of hydrogen-bond acceptors (Lipinski definition) is 2. The van der Waals surface area contributed by atoms with Crippen LogP contribution >= 0.6 is 23.2 Å². The van der Waals surface area contributed by atoms with Crippen molar-refractivity contribution in [1.29, 1.82) is 0 Å². The lowest BCUT2D eigenvalue weighted by Gasteiger charge is -2.10. The van der Waals surface area contributed by atoms with Gasteiger partial charge in [0.2, 0.25) is 10.0 Å². The fourth-order valence-corrected chi connectivity index (χ4v) is 3.37. The van der Waals surface area contributed by atoms with Gasteiger partial charge in [-0.05, 0) is 30.0 Å². The molecule has 0 aliphatic heterocycles. The number of benzene rings is 1. The summed E-state index contributed by atoms with van der Waals surface area (Å²) in [6.45, 7) is 2.18. The van der Waals surface area contributed by atoms with Crippen molar-refractivity contribution in [3.8, 4) is 0 Å². The molecule has 1 N–H and O–H groups in total. The minimum absolute atomic E-state index is 0.0460. The molecule has 1 atom stereocenters. The van der Waals surface area contributed by atoms with E-state index in [0.29, 0.717) is 23.9 Å². The van der Waals surface area contributed by atoms with E-state index >= 15 is 0 Å². The lowest BCUT2D eigenvalue weighted by atomic mass is 10.2. The second kappa shape index (κ2) is 7.34. The number of sulfonamides is 1. The topological polar surface area (TPSA) is 46.2 Å². The highest BCUT2D eigenvalue weighted by Crippen LogP contribution is 2.10. The zero-order valence-corrected chi connectivity index (χ0v) is 12.5. The third-order valence-electron chi connectivity index (χ3n) is 2.39. The summed E-state index contributed by atoms with van der Waals surface area (Å²) in [6, 6.07) is 7.39. The van der Waals surface area contributed by atoms with Gasteiger partial charge in [0.1, 0.15) is 0 Å². The summed E-state index contributed by atoms with van der Waals surface area (Å²) in [5.74, 6) is 0.358. The molecule has 0 saturated heterocycles. The zero-order chi connectivity index (χ0) is 13.6. The first kappa shape index (κ1) is 15.8. The quantitative estimate of drug-likeness (QED) is 0.787. The lowest BCUT2D eigenvalue weighted by Crippen LogP contribution is -2.31. The first-order chi connectivity index (χ1) is 8.43. The Bertz CT molecular complexity index is 477. The average molecular weight is 310 g/mol. The Hall–Kier alpha value is -0.290. The normalized spacial score (nSPS) is 13.5. The van der Waals surface area contributed by atoms with Crippen LogP contribution in [0.4, 0.5) is 0 Å². The molecule has 0 spiro atoms. The van der Waals surface area contributed by atoms with Crippen molar-refractivity contribution < 1.29 is 8.42 Å². The van der Waals surface area contributed by atoms with E-state index in [2.05, 4.69) is 4.72 Å². The van der Waals surface area contributed by atoms with Crippen LogP contribution in [0.3, 0.4) is 0 Å². The van der Waals surface area contributed by atoms with Crippen molar-refractivity contribution in [2.24, 2.45) is 5.92 Å². The summed E-state index contributed by atoms with van der Waals surface area (Å²) < 4.78 is 25.9. The molecule has 6 heteroatoms. The van der Waals surface area contributed by atoms with Gasteiger partial charge < -0.3 is 0 Å². The summed E-state index contributed by atoms with van der Waals surface area (Å²) in [4.78, 5) is 0. The summed E-state index contributed by atoms with van der Waals surface area (Å²) in [5.41, 5.74) is 1.01. The fraction of sp³-hybridized carbons (Fsp3) is 0.500. The zero-order valence-electron chi connectivity index (χ0n) is 10.2. The van der Waals surface area contributed by atoms with E-state index in [-0.39, 0.29) is 11.7 Å². The molecule has 0 aliphatic carbocycles. The van der Waals surface area contributed by atoms with E-state index in [4.69, 9.17) is 23.2 Å². The van der Waals surface area contributed by atoms with Gasteiger partial charge in [-0.25, -0.2) is 13.1 Å². The monoisotopic (exact) mass is 309 g/mol. The molecular formula is C12H17Cl2NO2S. The molecule has 18 heavy (non-hydrogen) atoms. The first-order valence-electron chi connectivity index (χ1n) is 5.70. The Morgan fingerprint density at radius 3 is 2.72 bits per heavy atom. The van der Waals surface area contributed by atoms with Crippen LogP contribution in [-0.4, -0.2) is 26.6 Å². The molecule has 0 saturated carbocycles. The highest BCUT2D eigenvalue weighted by atomic mass is 35.5. The van der Waals surface area contributed by atoms with E-state index in [1.807, 2.05) is 25.1 Å². The average Bonchev–Trinajstić information content (AvgIpc) is 2.28. The van der Waals surface area contributed by atoms with Crippen LogP contribution in [0.25, 0.3) is 0 Å². The first-order valence-corrected chi connectivity index (χ1v) is 8.27. The highest BCUT2D eigenvalue weighted by molar-refractivity contribution is 7.89. The molecule has 0 amide bonds. The molecule has 3 nitrogen and oxygen atoms in total. The number of halogens is 2. The number of rotatable bonds is 7. The third-order valence-corrected chi connectivity index (χ3v) is 4.81. The highest BCUT2D eigenvalue weighted by Gasteiger charge is 2.14. The maximum Gasteiger partial charge on any atom is 0.211 e. The van der Waals surface area contributed by atoms with Crippen molar-refractivity contribution in [2.45, 2.75) is 13.3 Å². The SMILES string of the molecule is CC(CCl)CS(=O)(=O)NCCc1cccc(Cl)c1. The van der Waals surface area contributed by atoms with Crippen molar-refractivity contribution in [2.75, 3.05) is 18.2 Å². The van der Waals surface area contributed by atoms with Crippen LogP contribution in [0.1, 0.15) is 12.5 Å². The van der Waals surface area contributed by atoms with Gasteiger partial charge in [0.25, 0.3) is 0 Å². The van der Waals surface area contributed by atoms with Crippen molar-refractivity contribution in [3.05, 3.63) is 34.9 Å². The molecule has 0 aliphatic rings. The number of nitrogens with one attached hydrogen (secondary N) is 1. The molecule has 1 rings (SSSR count). The van der Waals surface area contributed by atoms with Gasteiger partial charge in [-0.1, -0.05) is 30.7 Å². The predicted molar refractivity (Wildman–Crippen MR) is 76.8 cm³/mol. The van der Waals surface area contributed by atoms with E-state index in [1.54, 1.807) is 6.07 Å². The smallest absolute Gasteiger partial charge is 0.211 e. The number of alkyl halides is 1. The second-order valence-corrected chi connectivity index (χ2v) is 6.91. The van der Waals surface area contributed by atoms with Crippen LogP contribution < -0.4 is 4.72 Å². The Balaban J connectivity index is 2.42. The molecule has 0 radical (unpaired) electrons. The van der Waals surface area contributed by atoms with Gasteiger partial charge in [-0.15, -0.1) is 11.6 Å². The van der Waals surface area contributed by atoms with Crippen molar-refractivity contribution in [3.63, 3.8) is 0 Å². The fourth-order valence-electron chi connectivity index (χ4n) is 1.52. The Kier molecular flexibility index (Phi) is 6.43. The maximum absolute atomic E-state index is 11.7.